The molecule has 1 fully saturated rings. The molecule has 5 heteroatoms. The smallest absolute Gasteiger partial charge is 0.346 e. The number of ether oxygens (including phenoxy) is 1. The lowest BCUT2D eigenvalue weighted by Gasteiger charge is -2.21. The van der Waals surface area contributed by atoms with Gasteiger partial charge in [0, 0.05) is 25.2 Å². The van der Waals surface area contributed by atoms with Crippen molar-refractivity contribution in [2.45, 2.75) is 58.5 Å². The Kier molecular flexibility index (Phi) is 3.90. The molecular formula is C13H23N3O2. The van der Waals surface area contributed by atoms with E-state index in [4.69, 9.17) is 4.74 Å². The zero-order valence-corrected chi connectivity index (χ0v) is 11.7. The molecule has 5 nitrogen and oxygen atoms in total. The molecule has 0 aromatic carbocycles. The first kappa shape index (κ1) is 13.3. The highest BCUT2D eigenvalue weighted by atomic mass is 16.5. The summed E-state index contributed by atoms with van der Waals surface area (Å²) in [6.07, 6.45) is 1.76. The lowest BCUT2D eigenvalue weighted by Crippen LogP contribution is -2.32. The second-order valence-corrected chi connectivity index (χ2v) is 5.55. The van der Waals surface area contributed by atoms with E-state index < -0.39 is 0 Å². The topological polar surface area (TPSA) is 49.1 Å². The second kappa shape index (κ2) is 5.26. The Morgan fingerprint density at radius 2 is 1.83 bits per heavy atom. The SMILES string of the molecule is CC(C)c1nn(C2CCOCC2)c(=O)n1C(C)C. The van der Waals surface area contributed by atoms with E-state index in [0.29, 0.717) is 0 Å². The van der Waals surface area contributed by atoms with E-state index in [1.165, 1.54) is 0 Å². The Morgan fingerprint density at radius 1 is 1.22 bits per heavy atom. The predicted molar refractivity (Wildman–Crippen MR) is 70.1 cm³/mol. The summed E-state index contributed by atoms with van der Waals surface area (Å²) in [6.45, 7) is 9.67. The lowest BCUT2D eigenvalue weighted by molar-refractivity contribution is 0.0649. The van der Waals surface area contributed by atoms with Gasteiger partial charge in [-0.2, -0.15) is 5.10 Å². The molecule has 2 heterocycles. The van der Waals surface area contributed by atoms with E-state index in [2.05, 4.69) is 18.9 Å². The summed E-state index contributed by atoms with van der Waals surface area (Å²) >= 11 is 0. The van der Waals surface area contributed by atoms with E-state index in [-0.39, 0.29) is 23.7 Å². The van der Waals surface area contributed by atoms with Crippen LogP contribution in [0.3, 0.4) is 0 Å². The summed E-state index contributed by atoms with van der Waals surface area (Å²) < 4.78 is 8.84. The van der Waals surface area contributed by atoms with E-state index in [1.807, 2.05) is 18.4 Å². The van der Waals surface area contributed by atoms with Crippen molar-refractivity contribution >= 4 is 0 Å². The molecule has 0 bridgehead atoms. The van der Waals surface area contributed by atoms with Gasteiger partial charge in [0.1, 0.15) is 5.82 Å². The van der Waals surface area contributed by atoms with Gasteiger partial charge in [0.05, 0.1) is 6.04 Å². The Balaban J connectivity index is 2.42. The number of nitrogens with zero attached hydrogens (tertiary/aromatic N) is 3. The Bertz CT molecular complexity index is 453. The fourth-order valence-corrected chi connectivity index (χ4v) is 2.46. The molecule has 0 spiro atoms. The van der Waals surface area contributed by atoms with Gasteiger partial charge < -0.3 is 4.74 Å². The van der Waals surface area contributed by atoms with Gasteiger partial charge in [0.25, 0.3) is 0 Å². The Hall–Kier alpha value is -1.10. The molecule has 1 aliphatic rings. The molecule has 1 aromatic heterocycles. The summed E-state index contributed by atoms with van der Waals surface area (Å²) in [5.41, 5.74) is 0.0283. The van der Waals surface area contributed by atoms with Crippen molar-refractivity contribution in [2.75, 3.05) is 13.2 Å². The van der Waals surface area contributed by atoms with Gasteiger partial charge in [-0.25, -0.2) is 9.48 Å². The highest BCUT2D eigenvalue weighted by Gasteiger charge is 2.24. The van der Waals surface area contributed by atoms with Gasteiger partial charge in [0.15, 0.2) is 0 Å². The van der Waals surface area contributed by atoms with Crippen LogP contribution in [0.5, 0.6) is 0 Å². The van der Waals surface area contributed by atoms with Crippen LogP contribution in [0.15, 0.2) is 4.79 Å². The van der Waals surface area contributed by atoms with E-state index in [9.17, 15) is 4.79 Å². The normalized spacial score (nSPS) is 17.9. The predicted octanol–water partition coefficient (Wildman–Crippen LogP) is 2.10. The van der Waals surface area contributed by atoms with Crippen molar-refractivity contribution in [3.63, 3.8) is 0 Å². The Labute approximate surface area is 108 Å². The summed E-state index contributed by atoms with van der Waals surface area (Å²) in [6, 6.07) is 0.354. The van der Waals surface area contributed by atoms with Crippen LogP contribution < -0.4 is 5.69 Å². The molecule has 0 N–H and O–H groups in total. The van der Waals surface area contributed by atoms with Gasteiger partial charge in [-0.15, -0.1) is 0 Å². The molecule has 1 aliphatic heterocycles. The first-order chi connectivity index (χ1) is 8.52. The molecule has 18 heavy (non-hydrogen) atoms. The number of hydrogen-bond acceptors (Lipinski definition) is 3. The molecular weight excluding hydrogens is 230 g/mol. The summed E-state index contributed by atoms with van der Waals surface area (Å²) in [4.78, 5) is 12.5. The quantitative estimate of drug-likeness (QED) is 0.829. The molecule has 102 valence electrons. The first-order valence-electron chi connectivity index (χ1n) is 6.81. The lowest BCUT2D eigenvalue weighted by atomic mass is 10.1. The molecule has 0 saturated carbocycles. The number of hydrogen-bond donors (Lipinski definition) is 0. The molecule has 0 atom stereocenters. The van der Waals surface area contributed by atoms with Crippen molar-refractivity contribution < 1.29 is 4.74 Å². The van der Waals surface area contributed by atoms with Crippen LogP contribution >= 0.6 is 0 Å². The van der Waals surface area contributed by atoms with Crippen LogP contribution in [0.1, 0.15) is 64.4 Å². The minimum atomic E-state index is 0.0283. The summed E-state index contributed by atoms with van der Waals surface area (Å²) in [5.74, 6) is 1.16. The minimum absolute atomic E-state index is 0.0283. The average Bonchev–Trinajstić information content (AvgIpc) is 2.68. The molecule has 2 rings (SSSR count). The fourth-order valence-electron chi connectivity index (χ4n) is 2.46. The summed E-state index contributed by atoms with van der Waals surface area (Å²) in [7, 11) is 0. The van der Waals surface area contributed by atoms with Gasteiger partial charge in [-0.05, 0) is 26.7 Å². The van der Waals surface area contributed by atoms with Crippen molar-refractivity contribution in [3.05, 3.63) is 16.3 Å². The van der Waals surface area contributed by atoms with Crippen LogP contribution in [-0.2, 0) is 4.74 Å². The largest absolute Gasteiger partial charge is 0.381 e. The highest BCUT2D eigenvalue weighted by molar-refractivity contribution is 4.97. The van der Waals surface area contributed by atoms with Crippen molar-refractivity contribution in [2.24, 2.45) is 0 Å². The zero-order chi connectivity index (χ0) is 13.3. The molecule has 0 radical (unpaired) electrons. The molecule has 0 aliphatic carbocycles. The molecule has 1 saturated heterocycles. The van der Waals surface area contributed by atoms with Crippen molar-refractivity contribution in [3.8, 4) is 0 Å². The second-order valence-electron chi connectivity index (χ2n) is 5.55. The monoisotopic (exact) mass is 253 g/mol. The fraction of sp³-hybridized carbons (Fsp3) is 0.846. The van der Waals surface area contributed by atoms with Crippen LogP contribution in [0.25, 0.3) is 0 Å². The molecule has 1 aromatic rings. The van der Waals surface area contributed by atoms with E-state index >= 15 is 0 Å². The standard InChI is InChI=1S/C13H23N3O2/c1-9(2)12-14-16(11-5-7-18-8-6-11)13(17)15(12)10(3)4/h9-11H,5-8H2,1-4H3. The number of rotatable bonds is 3. The molecule has 0 amide bonds. The van der Waals surface area contributed by atoms with Crippen LogP contribution in [-0.4, -0.2) is 27.6 Å². The number of aromatic nitrogens is 3. The maximum Gasteiger partial charge on any atom is 0.346 e. The van der Waals surface area contributed by atoms with E-state index in [1.54, 1.807) is 4.68 Å². The Morgan fingerprint density at radius 3 is 2.28 bits per heavy atom. The van der Waals surface area contributed by atoms with Gasteiger partial charge >= 0.3 is 5.69 Å². The first-order valence-corrected chi connectivity index (χ1v) is 6.81. The minimum Gasteiger partial charge on any atom is -0.381 e. The van der Waals surface area contributed by atoms with Gasteiger partial charge in [0.2, 0.25) is 0 Å². The molecule has 0 unspecified atom stereocenters. The third kappa shape index (κ3) is 2.36. The third-order valence-corrected chi connectivity index (χ3v) is 3.43. The van der Waals surface area contributed by atoms with Crippen molar-refractivity contribution in [1.82, 2.24) is 14.3 Å². The maximum atomic E-state index is 12.5. The average molecular weight is 253 g/mol. The van der Waals surface area contributed by atoms with Crippen molar-refractivity contribution in [1.29, 1.82) is 0 Å². The van der Waals surface area contributed by atoms with Gasteiger partial charge in [-0.1, -0.05) is 13.8 Å². The van der Waals surface area contributed by atoms with E-state index in [0.717, 1.165) is 31.9 Å². The van der Waals surface area contributed by atoms with Crippen LogP contribution in [0, 0.1) is 0 Å². The third-order valence-electron chi connectivity index (χ3n) is 3.43. The highest BCUT2D eigenvalue weighted by Crippen LogP contribution is 2.21. The van der Waals surface area contributed by atoms with Gasteiger partial charge in [-0.3, -0.25) is 4.57 Å². The summed E-state index contributed by atoms with van der Waals surface area (Å²) in [5, 5.41) is 4.57. The van der Waals surface area contributed by atoms with Crippen LogP contribution in [0.4, 0.5) is 0 Å². The maximum absolute atomic E-state index is 12.5. The zero-order valence-electron chi connectivity index (χ0n) is 11.7. The van der Waals surface area contributed by atoms with Crippen LogP contribution in [0.2, 0.25) is 0 Å².